The largest absolute Gasteiger partial charge is 0.478 e. The molecule has 1 heterocycles. The predicted octanol–water partition coefficient (Wildman–Crippen LogP) is 4.32. The van der Waals surface area contributed by atoms with Gasteiger partial charge in [-0.3, -0.25) is 4.79 Å². The Morgan fingerprint density at radius 3 is 2.42 bits per heavy atom. The number of carboxylic acids is 1. The van der Waals surface area contributed by atoms with Crippen LogP contribution in [0.15, 0.2) is 46.3 Å². The Kier molecular flexibility index (Phi) is 6.70. The van der Waals surface area contributed by atoms with E-state index in [-0.39, 0.29) is 11.7 Å². The first-order valence-corrected chi connectivity index (χ1v) is 9.25. The summed E-state index contributed by atoms with van der Waals surface area (Å²) < 4.78 is 6.19. The van der Waals surface area contributed by atoms with Gasteiger partial charge in [0.25, 0.3) is 0 Å². The minimum absolute atomic E-state index is 0.239. The zero-order valence-electron chi connectivity index (χ0n) is 14.0. The van der Waals surface area contributed by atoms with Crippen molar-refractivity contribution in [2.75, 3.05) is 5.32 Å². The van der Waals surface area contributed by atoms with Crippen molar-refractivity contribution >= 4 is 50.1 Å². The van der Waals surface area contributed by atoms with Crippen LogP contribution < -0.4 is 5.32 Å². The van der Waals surface area contributed by atoms with E-state index in [1.54, 1.807) is 19.2 Å². The Bertz CT molecular complexity index is 855. The Hall–Kier alpha value is -2.45. The SMILES string of the molecule is CC(C)OC(=O)c1c(-c2ccc(Br)cc2)csc1NC(=O)C=CC(=O)O. The Balaban J connectivity index is 2.41. The summed E-state index contributed by atoms with van der Waals surface area (Å²) in [5, 5.41) is 13.2. The van der Waals surface area contributed by atoms with Gasteiger partial charge in [-0.1, -0.05) is 28.1 Å². The summed E-state index contributed by atoms with van der Waals surface area (Å²) in [6.45, 7) is 3.47. The van der Waals surface area contributed by atoms with Gasteiger partial charge in [-0.05, 0) is 31.5 Å². The minimum atomic E-state index is -1.23. The van der Waals surface area contributed by atoms with E-state index in [1.165, 1.54) is 11.3 Å². The van der Waals surface area contributed by atoms with E-state index < -0.39 is 17.8 Å². The molecule has 0 aliphatic carbocycles. The normalized spacial score (nSPS) is 10.9. The summed E-state index contributed by atoms with van der Waals surface area (Å²) >= 11 is 4.53. The zero-order chi connectivity index (χ0) is 19.3. The molecule has 0 aliphatic rings. The number of benzene rings is 1. The molecular formula is C18H16BrNO5S. The summed E-state index contributed by atoms with van der Waals surface area (Å²) in [5.74, 6) is -2.44. The number of carbonyl (C=O) groups excluding carboxylic acids is 2. The zero-order valence-corrected chi connectivity index (χ0v) is 16.4. The van der Waals surface area contributed by atoms with Crippen LogP contribution in [-0.2, 0) is 14.3 Å². The van der Waals surface area contributed by atoms with Gasteiger partial charge in [-0.2, -0.15) is 0 Å². The molecule has 2 N–H and O–H groups in total. The van der Waals surface area contributed by atoms with Crippen LogP contribution in [0.25, 0.3) is 11.1 Å². The van der Waals surface area contributed by atoms with E-state index in [0.717, 1.165) is 22.2 Å². The van der Waals surface area contributed by atoms with Crippen molar-refractivity contribution in [1.82, 2.24) is 0 Å². The fourth-order valence-electron chi connectivity index (χ4n) is 2.07. The summed E-state index contributed by atoms with van der Waals surface area (Å²) in [6.07, 6.45) is 1.29. The van der Waals surface area contributed by atoms with E-state index >= 15 is 0 Å². The molecule has 26 heavy (non-hydrogen) atoms. The number of aliphatic carboxylic acids is 1. The number of nitrogens with one attached hydrogen (secondary N) is 1. The summed E-state index contributed by atoms with van der Waals surface area (Å²) in [5.41, 5.74) is 1.66. The van der Waals surface area contributed by atoms with Crippen LogP contribution in [0.2, 0.25) is 0 Å². The number of halogens is 1. The van der Waals surface area contributed by atoms with Crippen molar-refractivity contribution in [3.05, 3.63) is 51.8 Å². The highest BCUT2D eigenvalue weighted by molar-refractivity contribution is 9.10. The van der Waals surface area contributed by atoms with Crippen LogP contribution in [0.3, 0.4) is 0 Å². The van der Waals surface area contributed by atoms with Crippen molar-refractivity contribution in [2.24, 2.45) is 0 Å². The summed E-state index contributed by atoms with van der Waals surface area (Å²) in [4.78, 5) is 35.0. The van der Waals surface area contributed by atoms with E-state index in [0.29, 0.717) is 10.6 Å². The van der Waals surface area contributed by atoms with Crippen molar-refractivity contribution in [2.45, 2.75) is 20.0 Å². The lowest BCUT2D eigenvalue weighted by molar-refractivity contribution is -0.131. The number of anilines is 1. The first-order valence-electron chi connectivity index (χ1n) is 7.58. The maximum atomic E-state index is 12.6. The highest BCUT2D eigenvalue weighted by Gasteiger charge is 2.23. The third-order valence-corrected chi connectivity index (χ3v) is 4.53. The molecule has 0 bridgehead atoms. The number of hydrogen-bond acceptors (Lipinski definition) is 5. The second kappa shape index (κ2) is 8.77. The third kappa shape index (κ3) is 5.27. The number of thiophene rings is 1. The van der Waals surface area contributed by atoms with Gasteiger partial charge in [-0.25, -0.2) is 9.59 Å². The van der Waals surface area contributed by atoms with Gasteiger partial charge in [0.1, 0.15) is 10.6 Å². The minimum Gasteiger partial charge on any atom is -0.478 e. The molecule has 0 aliphatic heterocycles. The number of carbonyl (C=O) groups is 3. The second-order valence-corrected chi connectivity index (χ2v) is 7.27. The molecule has 136 valence electrons. The van der Waals surface area contributed by atoms with E-state index in [1.807, 2.05) is 24.3 Å². The molecule has 0 saturated carbocycles. The molecule has 2 rings (SSSR count). The summed E-state index contributed by atoms with van der Waals surface area (Å²) in [6, 6.07) is 7.37. The van der Waals surface area contributed by atoms with Gasteiger partial charge >= 0.3 is 11.9 Å². The van der Waals surface area contributed by atoms with Crippen molar-refractivity contribution in [3.63, 3.8) is 0 Å². The van der Waals surface area contributed by atoms with Crippen LogP contribution >= 0.6 is 27.3 Å². The molecule has 0 fully saturated rings. The van der Waals surface area contributed by atoms with E-state index in [4.69, 9.17) is 9.84 Å². The predicted molar refractivity (Wildman–Crippen MR) is 103 cm³/mol. The molecule has 0 saturated heterocycles. The van der Waals surface area contributed by atoms with Crippen LogP contribution in [0.5, 0.6) is 0 Å². The third-order valence-electron chi connectivity index (χ3n) is 3.11. The Morgan fingerprint density at radius 1 is 1.19 bits per heavy atom. The molecule has 2 aromatic rings. The number of ether oxygens (including phenoxy) is 1. The summed E-state index contributed by atoms with van der Waals surface area (Å²) in [7, 11) is 0. The number of esters is 1. The molecule has 1 amide bonds. The molecule has 6 nitrogen and oxygen atoms in total. The molecule has 0 radical (unpaired) electrons. The molecule has 0 unspecified atom stereocenters. The second-order valence-electron chi connectivity index (χ2n) is 5.48. The molecule has 8 heteroatoms. The van der Waals surface area contributed by atoms with Crippen molar-refractivity contribution < 1.29 is 24.2 Å². The van der Waals surface area contributed by atoms with Crippen LogP contribution in [0.4, 0.5) is 5.00 Å². The molecule has 0 spiro atoms. The van der Waals surface area contributed by atoms with Crippen LogP contribution in [-0.4, -0.2) is 29.1 Å². The maximum absolute atomic E-state index is 12.6. The molecule has 1 aromatic carbocycles. The van der Waals surface area contributed by atoms with E-state index in [9.17, 15) is 14.4 Å². The fourth-order valence-corrected chi connectivity index (χ4v) is 3.29. The highest BCUT2D eigenvalue weighted by atomic mass is 79.9. The quantitative estimate of drug-likeness (QED) is 0.518. The smallest absolute Gasteiger partial charge is 0.342 e. The average molecular weight is 438 g/mol. The van der Waals surface area contributed by atoms with Crippen molar-refractivity contribution in [1.29, 1.82) is 0 Å². The molecule has 0 atom stereocenters. The first-order chi connectivity index (χ1) is 12.3. The van der Waals surface area contributed by atoms with Gasteiger partial charge in [0.05, 0.1) is 6.10 Å². The van der Waals surface area contributed by atoms with Crippen LogP contribution in [0.1, 0.15) is 24.2 Å². The monoisotopic (exact) mass is 437 g/mol. The first kappa shape index (κ1) is 19.9. The highest BCUT2D eigenvalue weighted by Crippen LogP contribution is 2.36. The van der Waals surface area contributed by atoms with Gasteiger partial charge in [0, 0.05) is 27.6 Å². The Labute approximate surface area is 162 Å². The van der Waals surface area contributed by atoms with Crippen LogP contribution in [0, 0.1) is 0 Å². The van der Waals surface area contributed by atoms with E-state index in [2.05, 4.69) is 21.2 Å². The van der Waals surface area contributed by atoms with Gasteiger partial charge in [-0.15, -0.1) is 11.3 Å². The number of rotatable bonds is 6. The lowest BCUT2D eigenvalue weighted by Crippen LogP contribution is -2.15. The number of hydrogen-bond donors (Lipinski definition) is 2. The lowest BCUT2D eigenvalue weighted by atomic mass is 10.0. The lowest BCUT2D eigenvalue weighted by Gasteiger charge is -2.11. The topological polar surface area (TPSA) is 92.7 Å². The Morgan fingerprint density at radius 2 is 1.85 bits per heavy atom. The molecular weight excluding hydrogens is 422 g/mol. The standard InChI is InChI=1S/C18H16BrNO5S/c1-10(2)25-18(24)16-13(11-3-5-12(19)6-4-11)9-26-17(16)20-14(21)7-8-15(22)23/h3-10H,1-2H3,(H,20,21)(H,22,23). The average Bonchev–Trinajstić information content (AvgIpc) is 2.96. The van der Waals surface area contributed by atoms with Gasteiger partial charge < -0.3 is 15.2 Å². The number of carboxylic acid groups (broad SMARTS) is 1. The maximum Gasteiger partial charge on any atom is 0.342 e. The van der Waals surface area contributed by atoms with Crippen molar-refractivity contribution in [3.8, 4) is 11.1 Å². The fraction of sp³-hybridized carbons (Fsp3) is 0.167. The van der Waals surface area contributed by atoms with Gasteiger partial charge in [0.15, 0.2) is 0 Å². The van der Waals surface area contributed by atoms with Gasteiger partial charge in [0.2, 0.25) is 5.91 Å². The number of amides is 1. The molecule has 1 aromatic heterocycles.